The van der Waals surface area contributed by atoms with Gasteiger partial charge in [-0.15, -0.1) is 0 Å². The zero-order chi connectivity index (χ0) is 26.5. The first-order valence-corrected chi connectivity index (χ1v) is 13.2. The highest BCUT2D eigenvalue weighted by Gasteiger charge is 2.35. The molecule has 0 saturated carbocycles. The van der Waals surface area contributed by atoms with Crippen LogP contribution in [0.25, 0.3) is 22.4 Å². The number of carbonyl (C=O) groups is 1. The van der Waals surface area contributed by atoms with Crippen LogP contribution in [0.5, 0.6) is 0 Å². The van der Waals surface area contributed by atoms with Gasteiger partial charge in [0.1, 0.15) is 0 Å². The van der Waals surface area contributed by atoms with Gasteiger partial charge in [-0.1, -0.05) is 73.7 Å². The Hall–Kier alpha value is -4.03. The van der Waals surface area contributed by atoms with Crippen LogP contribution in [0.2, 0.25) is 0 Å². The third-order valence-electron chi connectivity index (χ3n) is 7.51. The largest absolute Gasteiger partial charge is 0.388 e. The van der Waals surface area contributed by atoms with Gasteiger partial charge in [0.2, 0.25) is 5.91 Å². The van der Waals surface area contributed by atoms with Crippen LogP contribution in [-0.2, 0) is 11.3 Å². The molecule has 0 spiro atoms. The fourth-order valence-corrected chi connectivity index (χ4v) is 5.22. The summed E-state index contributed by atoms with van der Waals surface area (Å²) in [6.07, 6.45) is 4.83. The number of piperidine rings is 1. The lowest BCUT2D eigenvalue weighted by Crippen LogP contribution is -2.49. The molecule has 3 heterocycles. The molecule has 0 aliphatic carbocycles. The maximum absolute atomic E-state index is 13.2. The lowest BCUT2D eigenvalue weighted by molar-refractivity contribution is -0.136. The molecule has 38 heavy (non-hydrogen) atoms. The van der Waals surface area contributed by atoms with E-state index in [0.29, 0.717) is 32.4 Å². The number of hydrogen-bond acceptors (Lipinski definition) is 4. The summed E-state index contributed by atoms with van der Waals surface area (Å²) in [5, 5.41) is 11.4. The fourth-order valence-electron chi connectivity index (χ4n) is 5.22. The summed E-state index contributed by atoms with van der Waals surface area (Å²) in [5.41, 5.74) is 3.26. The quantitative estimate of drug-likeness (QED) is 0.377. The molecule has 6 nitrogen and oxygen atoms in total. The van der Waals surface area contributed by atoms with Crippen molar-refractivity contribution in [3.63, 3.8) is 0 Å². The highest BCUT2D eigenvalue weighted by atomic mass is 16.3. The van der Waals surface area contributed by atoms with Crippen molar-refractivity contribution in [2.75, 3.05) is 13.1 Å². The van der Waals surface area contributed by atoms with Crippen molar-refractivity contribution in [1.82, 2.24) is 14.5 Å². The summed E-state index contributed by atoms with van der Waals surface area (Å²) in [7, 11) is 0. The van der Waals surface area contributed by atoms with Gasteiger partial charge in [0.05, 0.1) is 17.8 Å². The van der Waals surface area contributed by atoms with E-state index < -0.39 is 5.60 Å². The first kappa shape index (κ1) is 25.6. The molecule has 1 unspecified atom stereocenters. The van der Waals surface area contributed by atoms with Gasteiger partial charge >= 0.3 is 0 Å². The predicted octanol–water partition coefficient (Wildman–Crippen LogP) is 5.12. The van der Waals surface area contributed by atoms with E-state index in [1.807, 2.05) is 90.0 Å². The molecule has 4 aromatic rings. The molecule has 1 N–H and O–H groups in total. The third kappa shape index (κ3) is 5.76. The molecule has 1 aliphatic heterocycles. The summed E-state index contributed by atoms with van der Waals surface area (Å²) < 4.78 is 1.59. The highest BCUT2D eigenvalue weighted by molar-refractivity contribution is 5.81. The SMILES string of the molecule is CC(CC(=O)N1CCC(O)(Cn2cc(-c3ccccn3)c(-c3ccccc3)cc2=O)CC1)c1ccccc1. The molecule has 194 valence electrons. The summed E-state index contributed by atoms with van der Waals surface area (Å²) in [5.74, 6) is 0.237. The Balaban J connectivity index is 1.32. The predicted molar refractivity (Wildman–Crippen MR) is 150 cm³/mol. The zero-order valence-corrected chi connectivity index (χ0v) is 21.7. The van der Waals surface area contributed by atoms with Crippen LogP contribution < -0.4 is 5.56 Å². The van der Waals surface area contributed by atoms with Gasteiger partial charge in [-0.3, -0.25) is 14.6 Å². The Morgan fingerprint density at radius 3 is 2.26 bits per heavy atom. The average molecular weight is 508 g/mol. The normalized spacial score (nSPS) is 15.7. The van der Waals surface area contributed by atoms with E-state index in [-0.39, 0.29) is 23.9 Å². The number of nitrogens with zero attached hydrogens (tertiary/aromatic N) is 3. The van der Waals surface area contributed by atoms with Gasteiger partial charge in [0.15, 0.2) is 0 Å². The standard InChI is InChI=1S/C32H33N3O3/c1-24(25-10-4-2-5-11-25)20-30(36)34-18-15-32(38,16-19-34)23-35-22-28(29-14-8-9-17-33-29)27(21-31(35)37)26-12-6-3-7-13-26/h2-14,17,21-22,24,38H,15-16,18-20,23H2,1H3. The van der Waals surface area contributed by atoms with Crippen LogP contribution in [0, 0.1) is 0 Å². The van der Waals surface area contributed by atoms with E-state index >= 15 is 0 Å². The van der Waals surface area contributed by atoms with Crippen LogP contribution in [-0.4, -0.2) is 44.2 Å². The minimum atomic E-state index is -1.07. The van der Waals surface area contributed by atoms with Gasteiger partial charge in [-0.25, -0.2) is 0 Å². The number of amides is 1. The van der Waals surface area contributed by atoms with Crippen molar-refractivity contribution in [2.45, 2.75) is 44.2 Å². The average Bonchev–Trinajstić information content (AvgIpc) is 2.95. The molecule has 2 aromatic heterocycles. The van der Waals surface area contributed by atoms with E-state index in [4.69, 9.17) is 0 Å². The lowest BCUT2D eigenvalue weighted by atomic mass is 9.90. The molecule has 1 amide bonds. The third-order valence-corrected chi connectivity index (χ3v) is 7.51. The Labute approximate surface area is 223 Å². The van der Waals surface area contributed by atoms with Crippen molar-refractivity contribution in [1.29, 1.82) is 0 Å². The topological polar surface area (TPSA) is 75.4 Å². The van der Waals surface area contributed by atoms with E-state index in [1.54, 1.807) is 16.8 Å². The molecule has 2 aromatic carbocycles. The number of hydrogen-bond donors (Lipinski definition) is 1. The molecule has 1 atom stereocenters. The Bertz CT molecular complexity index is 1430. The molecule has 1 fully saturated rings. The van der Waals surface area contributed by atoms with Crippen molar-refractivity contribution in [3.05, 3.63) is 113 Å². The number of likely N-dealkylation sites (tertiary alicyclic amines) is 1. The molecule has 1 aliphatic rings. The van der Waals surface area contributed by atoms with E-state index in [0.717, 1.165) is 27.9 Å². The Morgan fingerprint density at radius 2 is 1.61 bits per heavy atom. The van der Waals surface area contributed by atoms with Gasteiger partial charge in [-0.05, 0) is 47.6 Å². The summed E-state index contributed by atoms with van der Waals surface area (Å²) in [6.45, 7) is 3.18. The first-order chi connectivity index (χ1) is 18.4. The van der Waals surface area contributed by atoms with Crippen LogP contribution >= 0.6 is 0 Å². The van der Waals surface area contributed by atoms with E-state index in [2.05, 4.69) is 11.9 Å². The molecule has 6 heteroatoms. The van der Waals surface area contributed by atoms with Crippen LogP contribution in [0.15, 0.2) is 102 Å². The number of benzene rings is 2. The van der Waals surface area contributed by atoms with Crippen molar-refractivity contribution >= 4 is 5.91 Å². The van der Waals surface area contributed by atoms with E-state index in [9.17, 15) is 14.7 Å². The van der Waals surface area contributed by atoms with E-state index in [1.165, 1.54) is 0 Å². The van der Waals surface area contributed by atoms with Gasteiger partial charge in [-0.2, -0.15) is 0 Å². The van der Waals surface area contributed by atoms with Crippen LogP contribution in [0.3, 0.4) is 0 Å². The minimum Gasteiger partial charge on any atom is -0.388 e. The second-order valence-corrected chi connectivity index (χ2v) is 10.3. The minimum absolute atomic E-state index is 0.102. The Morgan fingerprint density at radius 1 is 0.947 bits per heavy atom. The number of aromatic nitrogens is 2. The molecule has 1 saturated heterocycles. The van der Waals surface area contributed by atoms with Gasteiger partial charge < -0.3 is 14.6 Å². The molecular formula is C32H33N3O3. The van der Waals surface area contributed by atoms with Crippen molar-refractivity contribution in [3.8, 4) is 22.4 Å². The molecule has 0 bridgehead atoms. The van der Waals surface area contributed by atoms with Crippen molar-refractivity contribution < 1.29 is 9.90 Å². The second kappa shape index (κ2) is 11.2. The highest BCUT2D eigenvalue weighted by Crippen LogP contribution is 2.31. The molecule has 5 rings (SSSR count). The number of carbonyl (C=O) groups excluding carboxylic acids is 1. The maximum atomic E-state index is 13.2. The Kier molecular flexibility index (Phi) is 7.52. The maximum Gasteiger partial charge on any atom is 0.251 e. The summed E-state index contributed by atoms with van der Waals surface area (Å²) in [6, 6.07) is 27.2. The zero-order valence-electron chi connectivity index (χ0n) is 21.7. The fraction of sp³-hybridized carbons (Fsp3) is 0.281. The van der Waals surface area contributed by atoms with Crippen LogP contribution in [0.1, 0.15) is 37.7 Å². The van der Waals surface area contributed by atoms with Gasteiger partial charge in [0.25, 0.3) is 5.56 Å². The van der Waals surface area contributed by atoms with Crippen molar-refractivity contribution in [2.24, 2.45) is 0 Å². The van der Waals surface area contributed by atoms with Crippen LogP contribution in [0.4, 0.5) is 0 Å². The summed E-state index contributed by atoms with van der Waals surface area (Å²) in [4.78, 5) is 32.5. The number of aliphatic hydroxyl groups is 1. The monoisotopic (exact) mass is 507 g/mol. The molecular weight excluding hydrogens is 474 g/mol. The smallest absolute Gasteiger partial charge is 0.251 e. The molecule has 0 radical (unpaired) electrons. The first-order valence-electron chi connectivity index (χ1n) is 13.2. The summed E-state index contributed by atoms with van der Waals surface area (Å²) >= 11 is 0. The lowest BCUT2D eigenvalue weighted by Gasteiger charge is -2.39. The number of rotatable bonds is 7. The number of pyridine rings is 2. The van der Waals surface area contributed by atoms with Gasteiger partial charge in [0, 0.05) is 43.5 Å². The second-order valence-electron chi connectivity index (χ2n) is 10.3.